The largest absolute Gasteiger partial charge is 0.352 e. The van der Waals surface area contributed by atoms with Crippen molar-refractivity contribution in [2.24, 2.45) is 0 Å². The van der Waals surface area contributed by atoms with Crippen LogP contribution in [0.2, 0.25) is 0 Å². The second-order valence-electron chi connectivity index (χ2n) is 4.24. The van der Waals surface area contributed by atoms with Gasteiger partial charge in [0.25, 0.3) is 0 Å². The van der Waals surface area contributed by atoms with Gasteiger partial charge in [-0.25, -0.2) is 4.98 Å². The summed E-state index contributed by atoms with van der Waals surface area (Å²) in [5.41, 5.74) is 0. The predicted octanol–water partition coefficient (Wildman–Crippen LogP) is -0.652. The van der Waals surface area contributed by atoms with Crippen molar-refractivity contribution in [2.75, 3.05) is 44.2 Å². The van der Waals surface area contributed by atoms with Gasteiger partial charge in [-0.15, -0.1) is 6.42 Å². The number of nitrogens with zero attached hydrogens (tertiary/aromatic N) is 4. The summed E-state index contributed by atoms with van der Waals surface area (Å²) in [4.78, 5) is 24.1. The van der Waals surface area contributed by atoms with Gasteiger partial charge in [-0.1, -0.05) is 5.92 Å². The van der Waals surface area contributed by atoms with Crippen molar-refractivity contribution in [3.63, 3.8) is 0 Å². The van der Waals surface area contributed by atoms with Crippen LogP contribution in [-0.4, -0.2) is 60.0 Å². The van der Waals surface area contributed by atoms with Crippen molar-refractivity contribution < 1.29 is 4.79 Å². The van der Waals surface area contributed by atoms with Crippen LogP contribution in [0.15, 0.2) is 18.6 Å². The number of carbonyl (C=O) groups is 1. The number of aromatic nitrogens is 2. The van der Waals surface area contributed by atoms with Crippen molar-refractivity contribution in [3.05, 3.63) is 18.6 Å². The molecule has 0 aromatic carbocycles. The lowest BCUT2D eigenvalue weighted by Crippen LogP contribution is -2.51. The second kappa shape index (κ2) is 6.71. The number of rotatable bonds is 4. The standard InChI is InChI=1S/C13H17N5O/c1-2-3-14-11-13(19)18-8-6-17(7-9-18)12-10-15-4-5-16-12/h1,4-5,10,14H,3,6-9,11H2. The number of terminal acetylenes is 1. The summed E-state index contributed by atoms with van der Waals surface area (Å²) in [5.74, 6) is 3.40. The zero-order chi connectivity index (χ0) is 13.5. The van der Waals surface area contributed by atoms with Crippen molar-refractivity contribution in [1.82, 2.24) is 20.2 Å². The van der Waals surface area contributed by atoms with E-state index in [2.05, 4.69) is 26.1 Å². The molecule has 1 aromatic heterocycles. The number of hydrogen-bond acceptors (Lipinski definition) is 5. The quantitative estimate of drug-likeness (QED) is 0.575. The Bertz CT molecular complexity index is 448. The van der Waals surface area contributed by atoms with Gasteiger partial charge in [-0.3, -0.25) is 15.1 Å². The van der Waals surface area contributed by atoms with Gasteiger partial charge < -0.3 is 9.80 Å². The molecule has 0 saturated carbocycles. The van der Waals surface area contributed by atoms with Gasteiger partial charge in [0, 0.05) is 38.6 Å². The molecule has 2 heterocycles. The molecule has 0 radical (unpaired) electrons. The molecule has 1 aromatic rings. The van der Waals surface area contributed by atoms with E-state index in [9.17, 15) is 4.79 Å². The van der Waals surface area contributed by atoms with Gasteiger partial charge in [0.2, 0.25) is 5.91 Å². The van der Waals surface area contributed by atoms with E-state index >= 15 is 0 Å². The van der Waals surface area contributed by atoms with Crippen LogP contribution < -0.4 is 10.2 Å². The summed E-state index contributed by atoms with van der Waals surface area (Å²) in [7, 11) is 0. The van der Waals surface area contributed by atoms with Crippen LogP contribution in [0.5, 0.6) is 0 Å². The number of carbonyl (C=O) groups excluding carboxylic acids is 1. The van der Waals surface area contributed by atoms with Gasteiger partial charge >= 0.3 is 0 Å². The molecule has 0 bridgehead atoms. The lowest BCUT2D eigenvalue weighted by atomic mass is 10.3. The average molecular weight is 259 g/mol. The molecule has 6 heteroatoms. The minimum absolute atomic E-state index is 0.0917. The fourth-order valence-electron chi connectivity index (χ4n) is 1.99. The molecule has 2 rings (SSSR count). The minimum Gasteiger partial charge on any atom is -0.352 e. The van der Waals surface area contributed by atoms with E-state index in [1.165, 1.54) is 0 Å². The lowest BCUT2D eigenvalue weighted by Gasteiger charge is -2.35. The summed E-state index contributed by atoms with van der Waals surface area (Å²) in [6.45, 7) is 3.68. The minimum atomic E-state index is 0.0917. The third-order valence-corrected chi connectivity index (χ3v) is 3.01. The first-order valence-corrected chi connectivity index (χ1v) is 6.24. The van der Waals surface area contributed by atoms with Crippen molar-refractivity contribution in [1.29, 1.82) is 0 Å². The lowest BCUT2D eigenvalue weighted by molar-refractivity contribution is -0.130. The van der Waals surface area contributed by atoms with Crippen molar-refractivity contribution in [2.45, 2.75) is 0 Å². The molecule has 1 saturated heterocycles. The molecular formula is C13H17N5O. The third-order valence-electron chi connectivity index (χ3n) is 3.01. The second-order valence-corrected chi connectivity index (χ2v) is 4.24. The van der Waals surface area contributed by atoms with Crippen LogP contribution in [0.1, 0.15) is 0 Å². The highest BCUT2D eigenvalue weighted by molar-refractivity contribution is 5.78. The van der Waals surface area contributed by atoms with Crippen LogP contribution in [0.25, 0.3) is 0 Å². The van der Waals surface area contributed by atoms with Gasteiger partial charge in [0.05, 0.1) is 19.3 Å². The summed E-state index contributed by atoms with van der Waals surface area (Å²) in [6.07, 6.45) is 10.2. The highest BCUT2D eigenvalue weighted by Gasteiger charge is 2.21. The Kier molecular flexibility index (Phi) is 4.70. The molecule has 100 valence electrons. The molecule has 0 unspecified atom stereocenters. The Labute approximate surface area is 112 Å². The summed E-state index contributed by atoms with van der Waals surface area (Å²) in [5, 5.41) is 2.91. The van der Waals surface area contributed by atoms with Crippen LogP contribution in [0.3, 0.4) is 0 Å². The third kappa shape index (κ3) is 3.66. The Morgan fingerprint density at radius 3 is 2.79 bits per heavy atom. The van der Waals surface area contributed by atoms with Crippen LogP contribution in [0.4, 0.5) is 5.82 Å². The van der Waals surface area contributed by atoms with Gasteiger partial charge in [-0.05, 0) is 0 Å². The molecule has 1 N–H and O–H groups in total. The number of nitrogens with one attached hydrogen (secondary N) is 1. The van der Waals surface area contributed by atoms with Crippen molar-refractivity contribution >= 4 is 11.7 Å². The highest BCUT2D eigenvalue weighted by Crippen LogP contribution is 2.11. The monoisotopic (exact) mass is 259 g/mol. The number of hydrogen-bond donors (Lipinski definition) is 1. The zero-order valence-corrected chi connectivity index (χ0v) is 10.7. The van der Waals surface area contributed by atoms with Gasteiger partial charge in [0.15, 0.2) is 0 Å². The fraction of sp³-hybridized carbons (Fsp3) is 0.462. The maximum atomic E-state index is 11.9. The molecule has 6 nitrogen and oxygen atoms in total. The summed E-state index contributed by atoms with van der Waals surface area (Å²) >= 11 is 0. The molecule has 1 fully saturated rings. The van der Waals surface area contributed by atoms with E-state index in [-0.39, 0.29) is 5.91 Å². The van der Waals surface area contributed by atoms with E-state index in [1.807, 2.05) is 4.90 Å². The van der Waals surface area contributed by atoms with E-state index in [4.69, 9.17) is 6.42 Å². The zero-order valence-electron chi connectivity index (χ0n) is 10.7. The molecule has 1 aliphatic heterocycles. The van der Waals surface area contributed by atoms with Crippen LogP contribution in [-0.2, 0) is 4.79 Å². The predicted molar refractivity (Wildman–Crippen MR) is 72.5 cm³/mol. The average Bonchev–Trinajstić information content (AvgIpc) is 2.48. The van der Waals surface area contributed by atoms with Gasteiger partial charge in [-0.2, -0.15) is 0 Å². The number of anilines is 1. The first-order chi connectivity index (χ1) is 9.31. The maximum Gasteiger partial charge on any atom is 0.236 e. The Balaban J connectivity index is 1.79. The summed E-state index contributed by atoms with van der Waals surface area (Å²) < 4.78 is 0. The highest BCUT2D eigenvalue weighted by atomic mass is 16.2. The molecule has 0 aliphatic carbocycles. The van der Waals surface area contributed by atoms with E-state index in [1.54, 1.807) is 18.6 Å². The molecule has 0 spiro atoms. The number of piperazine rings is 1. The Morgan fingerprint density at radius 2 is 2.16 bits per heavy atom. The van der Waals surface area contributed by atoms with E-state index in [0.717, 1.165) is 18.9 Å². The first kappa shape index (κ1) is 13.3. The van der Waals surface area contributed by atoms with Crippen LogP contribution in [0, 0.1) is 12.3 Å². The normalized spacial score (nSPS) is 15.1. The molecule has 1 amide bonds. The number of amides is 1. The van der Waals surface area contributed by atoms with Gasteiger partial charge in [0.1, 0.15) is 5.82 Å². The maximum absolute atomic E-state index is 11.9. The molecule has 1 aliphatic rings. The molecular weight excluding hydrogens is 242 g/mol. The Hall–Kier alpha value is -2.13. The molecule has 0 atom stereocenters. The van der Waals surface area contributed by atoms with E-state index in [0.29, 0.717) is 26.2 Å². The first-order valence-electron chi connectivity index (χ1n) is 6.24. The SMILES string of the molecule is C#CCNCC(=O)N1CCN(c2cnccn2)CC1. The smallest absolute Gasteiger partial charge is 0.236 e. The van der Waals surface area contributed by atoms with Crippen LogP contribution >= 0.6 is 0 Å². The molecule has 19 heavy (non-hydrogen) atoms. The Morgan fingerprint density at radius 1 is 1.37 bits per heavy atom. The van der Waals surface area contributed by atoms with E-state index < -0.39 is 0 Å². The van der Waals surface area contributed by atoms with Crippen molar-refractivity contribution in [3.8, 4) is 12.3 Å². The topological polar surface area (TPSA) is 61.4 Å². The summed E-state index contributed by atoms with van der Waals surface area (Å²) in [6, 6.07) is 0. The fourth-order valence-corrected chi connectivity index (χ4v) is 1.99.